The van der Waals surface area contributed by atoms with Crippen LogP contribution < -0.4 is 4.74 Å². The molecular weight excluding hydrogens is 271 g/mol. The summed E-state index contributed by atoms with van der Waals surface area (Å²) >= 11 is 0. The summed E-state index contributed by atoms with van der Waals surface area (Å²) in [5.41, 5.74) is 0. The van der Waals surface area contributed by atoms with Crippen LogP contribution in [0.15, 0.2) is 24.3 Å². The number of halogens is 1. The molecule has 1 heterocycles. The van der Waals surface area contributed by atoms with Crippen LogP contribution in [0.25, 0.3) is 0 Å². The number of amides is 1. The van der Waals surface area contributed by atoms with Gasteiger partial charge in [0, 0.05) is 19.0 Å². The van der Waals surface area contributed by atoms with E-state index in [9.17, 15) is 9.18 Å². The molecule has 1 amide bonds. The molecule has 1 fully saturated rings. The first-order valence-corrected chi connectivity index (χ1v) is 7.35. The lowest BCUT2D eigenvalue weighted by molar-refractivity contribution is -0.133. The predicted octanol–water partition coefficient (Wildman–Crippen LogP) is 2.00. The molecule has 2 rings (SSSR count). The van der Waals surface area contributed by atoms with Crippen LogP contribution in [0, 0.1) is 11.7 Å². The van der Waals surface area contributed by atoms with Gasteiger partial charge < -0.3 is 14.5 Å². The Balaban J connectivity index is 1.81. The standard InChI is InChI=1S/C16H23FN2O2/c1-18(2)11-16(20)19-9-3-4-13(10-19)12-21-15-7-5-14(17)6-8-15/h5-8,13H,3-4,9-12H2,1-2H3. The highest BCUT2D eigenvalue weighted by Crippen LogP contribution is 2.19. The first-order valence-electron chi connectivity index (χ1n) is 7.35. The third-order valence-electron chi connectivity index (χ3n) is 3.62. The molecule has 1 aromatic carbocycles. The molecule has 0 bridgehead atoms. The summed E-state index contributed by atoms with van der Waals surface area (Å²) in [6.45, 7) is 2.59. The van der Waals surface area contributed by atoms with Crippen LogP contribution >= 0.6 is 0 Å². The lowest BCUT2D eigenvalue weighted by Gasteiger charge is -2.33. The highest BCUT2D eigenvalue weighted by Gasteiger charge is 2.24. The first-order chi connectivity index (χ1) is 10.0. The molecule has 5 heteroatoms. The molecule has 4 nitrogen and oxygen atoms in total. The van der Waals surface area contributed by atoms with Gasteiger partial charge in [-0.2, -0.15) is 0 Å². The van der Waals surface area contributed by atoms with E-state index >= 15 is 0 Å². The summed E-state index contributed by atoms with van der Waals surface area (Å²) in [5, 5.41) is 0. The van der Waals surface area contributed by atoms with Crippen LogP contribution in [-0.4, -0.2) is 56.0 Å². The van der Waals surface area contributed by atoms with E-state index in [0.717, 1.165) is 25.9 Å². The van der Waals surface area contributed by atoms with Crippen molar-refractivity contribution in [2.75, 3.05) is 40.3 Å². The topological polar surface area (TPSA) is 32.8 Å². The van der Waals surface area contributed by atoms with Gasteiger partial charge in [-0.05, 0) is 51.2 Å². The number of nitrogens with zero attached hydrogens (tertiary/aromatic N) is 2. The van der Waals surface area contributed by atoms with Gasteiger partial charge in [0.15, 0.2) is 0 Å². The Labute approximate surface area is 125 Å². The summed E-state index contributed by atoms with van der Waals surface area (Å²) in [7, 11) is 3.80. The number of benzene rings is 1. The molecule has 0 N–H and O–H groups in total. The van der Waals surface area contributed by atoms with E-state index in [0.29, 0.717) is 24.8 Å². The molecule has 0 radical (unpaired) electrons. The van der Waals surface area contributed by atoms with E-state index in [-0.39, 0.29) is 11.7 Å². The monoisotopic (exact) mass is 294 g/mol. The Kier molecular flexibility index (Phi) is 5.56. The Morgan fingerprint density at radius 1 is 1.38 bits per heavy atom. The molecule has 1 atom stereocenters. The normalized spacial score (nSPS) is 18.9. The lowest BCUT2D eigenvalue weighted by atomic mass is 9.99. The Morgan fingerprint density at radius 3 is 2.76 bits per heavy atom. The van der Waals surface area contributed by atoms with Crippen LogP contribution in [-0.2, 0) is 4.79 Å². The zero-order valence-electron chi connectivity index (χ0n) is 12.7. The Hall–Kier alpha value is -1.62. The van der Waals surface area contributed by atoms with Gasteiger partial charge in [0.2, 0.25) is 5.91 Å². The highest BCUT2D eigenvalue weighted by molar-refractivity contribution is 5.78. The van der Waals surface area contributed by atoms with Crippen molar-refractivity contribution < 1.29 is 13.9 Å². The lowest BCUT2D eigenvalue weighted by Crippen LogP contribution is -2.44. The van der Waals surface area contributed by atoms with Crippen molar-refractivity contribution in [2.45, 2.75) is 12.8 Å². The summed E-state index contributed by atoms with van der Waals surface area (Å²) in [6.07, 6.45) is 2.07. The average molecular weight is 294 g/mol. The van der Waals surface area contributed by atoms with E-state index in [1.807, 2.05) is 23.9 Å². The molecule has 0 saturated carbocycles. The average Bonchev–Trinajstić information content (AvgIpc) is 2.46. The fourth-order valence-electron chi connectivity index (χ4n) is 2.54. The van der Waals surface area contributed by atoms with Gasteiger partial charge >= 0.3 is 0 Å². The van der Waals surface area contributed by atoms with Crippen molar-refractivity contribution in [3.8, 4) is 5.75 Å². The summed E-state index contributed by atoms with van der Waals surface area (Å²) in [6, 6.07) is 6.05. The van der Waals surface area contributed by atoms with E-state index in [1.54, 1.807) is 12.1 Å². The van der Waals surface area contributed by atoms with Crippen LogP contribution in [0.1, 0.15) is 12.8 Å². The van der Waals surface area contributed by atoms with Crippen LogP contribution in [0.4, 0.5) is 4.39 Å². The van der Waals surface area contributed by atoms with E-state index < -0.39 is 0 Å². The fraction of sp³-hybridized carbons (Fsp3) is 0.562. The van der Waals surface area contributed by atoms with Crippen molar-refractivity contribution in [3.63, 3.8) is 0 Å². The zero-order chi connectivity index (χ0) is 15.2. The summed E-state index contributed by atoms with van der Waals surface area (Å²) < 4.78 is 18.5. The molecule has 1 aromatic rings. The second-order valence-electron chi connectivity index (χ2n) is 5.85. The minimum absolute atomic E-state index is 0.173. The van der Waals surface area contributed by atoms with Crippen molar-refractivity contribution in [1.29, 1.82) is 0 Å². The van der Waals surface area contributed by atoms with Crippen molar-refractivity contribution in [1.82, 2.24) is 9.80 Å². The van der Waals surface area contributed by atoms with Crippen molar-refractivity contribution in [3.05, 3.63) is 30.1 Å². The predicted molar refractivity (Wildman–Crippen MR) is 79.8 cm³/mol. The number of likely N-dealkylation sites (N-methyl/N-ethyl adjacent to an activating group) is 1. The largest absolute Gasteiger partial charge is 0.493 e. The number of rotatable bonds is 5. The van der Waals surface area contributed by atoms with E-state index in [4.69, 9.17) is 4.74 Å². The first kappa shape index (κ1) is 15.8. The zero-order valence-corrected chi connectivity index (χ0v) is 12.7. The van der Waals surface area contributed by atoms with Gasteiger partial charge in [-0.3, -0.25) is 4.79 Å². The van der Waals surface area contributed by atoms with Gasteiger partial charge in [-0.15, -0.1) is 0 Å². The van der Waals surface area contributed by atoms with Crippen molar-refractivity contribution in [2.24, 2.45) is 5.92 Å². The van der Waals surface area contributed by atoms with Crippen LogP contribution in [0.3, 0.4) is 0 Å². The number of piperidine rings is 1. The SMILES string of the molecule is CN(C)CC(=O)N1CCCC(COc2ccc(F)cc2)C1. The second-order valence-corrected chi connectivity index (χ2v) is 5.85. The van der Waals surface area contributed by atoms with Gasteiger partial charge in [-0.25, -0.2) is 4.39 Å². The molecule has 0 aromatic heterocycles. The minimum Gasteiger partial charge on any atom is -0.493 e. The Bertz CT molecular complexity index is 462. The number of likely N-dealkylation sites (tertiary alicyclic amines) is 1. The van der Waals surface area contributed by atoms with E-state index in [2.05, 4.69) is 0 Å². The van der Waals surface area contributed by atoms with E-state index in [1.165, 1.54) is 12.1 Å². The van der Waals surface area contributed by atoms with Gasteiger partial charge in [0.25, 0.3) is 0 Å². The van der Waals surface area contributed by atoms with Gasteiger partial charge in [0.1, 0.15) is 11.6 Å². The van der Waals surface area contributed by atoms with Crippen LogP contribution in [0.2, 0.25) is 0 Å². The molecular formula is C16H23FN2O2. The number of carbonyl (C=O) groups excluding carboxylic acids is 1. The number of hydrogen-bond acceptors (Lipinski definition) is 3. The van der Waals surface area contributed by atoms with Gasteiger partial charge in [0.05, 0.1) is 13.2 Å². The second kappa shape index (κ2) is 7.41. The van der Waals surface area contributed by atoms with Crippen LogP contribution in [0.5, 0.6) is 5.75 Å². The quantitative estimate of drug-likeness (QED) is 0.833. The minimum atomic E-state index is -0.263. The summed E-state index contributed by atoms with van der Waals surface area (Å²) in [5.74, 6) is 0.926. The maximum atomic E-state index is 12.8. The molecule has 0 spiro atoms. The maximum Gasteiger partial charge on any atom is 0.236 e. The molecule has 0 aliphatic carbocycles. The number of ether oxygens (including phenoxy) is 1. The fourth-order valence-corrected chi connectivity index (χ4v) is 2.54. The number of hydrogen-bond donors (Lipinski definition) is 0. The molecule has 1 aliphatic rings. The molecule has 1 aliphatic heterocycles. The third kappa shape index (κ3) is 5.01. The maximum absolute atomic E-state index is 12.8. The highest BCUT2D eigenvalue weighted by atomic mass is 19.1. The third-order valence-corrected chi connectivity index (χ3v) is 3.62. The molecule has 116 valence electrons. The Morgan fingerprint density at radius 2 is 2.10 bits per heavy atom. The molecule has 1 saturated heterocycles. The smallest absolute Gasteiger partial charge is 0.236 e. The number of carbonyl (C=O) groups is 1. The van der Waals surface area contributed by atoms with Crippen molar-refractivity contribution >= 4 is 5.91 Å². The summed E-state index contributed by atoms with van der Waals surface area (Å²) in [4.78, 5) is 15.9. The molecule has 1 unspecified atom stereocenters. The van der Waals surface area contributed by atoms with Gasteiger partial charge in [-0.1, -0.05) is 0 Å². The molecule has 21 heavy (non-hydrogen) atoms.